The lowest BCUT2D eigenvalue weighted by Gasteiger charge is -2.20. The van der Waals surface area contributed by atoms with Crippen molar-refractivity contribution in [3.05, 3.63) is 0 Å². The van der Waals surface area contributed by atoms with Crippen LogP contribution < -0.4 is 0 Å². The summed E-state index contributed by atoms with van der Waals surface area (Å²) in [7, 11) is 0. The summed E-state index contributed by atoms with van der Waals surface area (Å²) in [5.74, 6) is -0.567. The molecule has 15 heavy (non-hydrogen) atoms. The fourth-order valence-electron chi connectivity index (χ4n) is 1.13. The van der Waals surface area contributed by atoms with E-state index in [1.807, 2.05) is 6.92 Å². The minimum absolute atomic E-state index is 0.00290. The van der Waals surface area contributed by atoms with Crippen LogP contribution in [0.2, 0.25) is 0 Å². The van der Waals surface area contributed by atoms with Crippen molar-refractivity contribution in [2.24, 2.45) is 0 Å². The van der Waals surface area contributed by atoms with Crippen LogP contribution in [-0.2, 0) is 9.59 Å². The number of carbonyl (C=O) groups is 2. The van der Waals surface area contributed by atoms with Crippen LogP contribution in [-0.4, -0.2) is 46.5 Å². The van der Waals surface area contributed by atoms with Gasteiger partial charge in [-0.3, -0.25) is 9.59 Å². The Morgan fingerprint density at radius 1 is 1.27 bits per heavy atom. The molecule has 0 aromatic carbocycles. The van der Waals surface area contributed by atoms with Crippen LogP contribution >= 0.6 is 11.8 Å². The van der Waals surface area contributed by atoms with Gasteiger partial charge >= 0.3 is 5.97 Å². The minimum atomic E-state index is -0.871. The van der Waals surface area contributed by atoms with Gasteiger partial charge in [0.25, 0.3) is 0 Å². The molecule has 0 rings (SSSR count). The summed E-state index contributed by atoms with van der Waals surface area (Å²) in [6.45, 7) is 5.50. The van der Waals surface area contributed by atoms with E-state index in [-0.39, 0.29) is 17.4 Å². The van der Waals surface area contributed by atoms with E-state index in [0.717, 1.165) is 31.1 Å². The third-order valence-electron chi connectivity index (χ3n) is 1.97. The largest absolute Gasteiger partial charge is 0.481 e. The second-order valence-corrected chi connectivity index (χ2v) is 4.20. The van der Waals surface area contributed by atoms with Gasteiger partial charge in [0.05, 0.1) is 11.5 Å². The molecule has 0 aliphatic heterocycles. The number of carboxylic acids is 1. The van der Waals surface area contributed by atoms with E-state index in [0.29, 0.717) is 6.54 Å². The summed E-state index contributed by atoms with van der Waals surface area (Å²) in [6.07, 6.45) is 2.06. The van der Waals surface area contributed by atoms with Crippen LogP contribution in [0.4, 0.5) is 0 Å². The van der Waals surface area contributed by atoms with E-state index >= 15 is 0 Å². The predicted octanol–water partition coefficient (Wildman–Crippen LogP) is 1.45. The molecule has 0 aromatic rings. The standard InChI is InChI=1S/C10H19NO3S/c1-3-5-6-11(4-2)9(12)7-15-8-10(13)14/h3-8H2,1-2H3,(H,13,14). The molecule has 4 nitrogen and oxygen atoms in total. The summed E-state index contributed by atoms with van der Waals surface area (Å²) in [5.41, 5.74) is 0. The highest BCUT2D eigenvalue weighted by Gasteiger charge is 2.11. The highest BCUT2D eigenvalue weighted by Crippen LogP contribution is 2.03. The fourth-order valence-corrected chi connectivity index (χ4v) is 1.76. The van der Waals surface area contributed by atoms with Gasteiger partial charge in [0.15, 0.2) is 0 Å². The van der Waals surface area contributed by atoms with Crippen LogP contribution in [0.25, 0.3) is 0 Å². The van der Waals surface area contributed by atoms with E-state index in [4.69, 9.17) is 5.11 Å². The number of unbranched alkanes of at least 4 members (excludes halogenated alkanes) is 1. The molecular weight excluding hydrogens is 214 g/mol. The number of aliphatic carboxylic acids is 1. The molecule has 0 saturated carbocycles. The summed E-state index contributed by atoms with van der Waals surface area (Å²) >= 11 is 1.16. The van der Waals surface area contributed by atoms with Gasteiger partial charge < -0.3 is 10.0 Å². The number of amides is 1. The zero-order chi connectivity index (χ0) is 11.7. The van der Waals surface area contributed by atoms with Gasteiger partial charge in [0, 0.05) is 13.1 Å². The second kappa shape index (κ2) is 8.59. The highest BCUT2D eigenvalue weighted by atomic mass is 32.2. The molecule has 0 aromatic heterocycles. The van der Waals surface area contributed by atoms with Crippen LogP contribution in [0.15, 0.2) is 0 Å². The molecule has 0 heterocycles. The van der Waals surface area contributed by atoms with Crippen LogP contribution in [0.5, 0.6) is 0 Å². The molecule has 1 amide bonds. The SMILES string of the molecule is CCCCN(CC)C(=O)CSCC(=O)O. The van der Waals surface area contributed by atoms with E-state index in [1.54, 1.807) is 4.90 Å². The van der Waals surface area contributed by atoms with Crippen LogP contribution in [0, 0.1) is 0 Å². The van der Waals surface area contributed by atoms with E-state index in [9.17, 15) is 9.59 Å². The number of thioether (sulfide) groups is 1. The van der Waals surface area contributed by atoms with Crippen molar-refractivity contribution >= 4 is 23.6 Å². The maximum atomic E-state index is 11.6. The molecule has 0 unspecified atom stereocenters. The van der Waals surface area contributed by atoms with Gasteiger partial charge in [-0.25, -0.2) is 0 Å². The Bertz CT molecular complexity index is 209. The third kappa shape index (κ3) is 7.25. The van der Waals surface area contributed by atoms with Crippen molar-refractivity contribution in [2.45, 2.75) is 26.7 Å². The number of rotatable bonds is 8. The first-order chi connectivity index (χ1) is 7.11. The summed E-state index contributed by atoms with van der Waals surface area (Å²) in [5, 5.41) is 8.42. The summed E-state index contributed by atoms with van der Waals surface area (Å²) in [6, 6.07) is 0. The number of carboxylic acid groups (broad SMARTS) is 1. The summed E-state index contributed by atoms with van der Waals surface area (Å²) in [4.78, 5) is 23.6. The van der Waals surface area contributed by atoms with Crippen molar-refractivity contribution in [3.8, 4) is 0 Å². The lowest BCUT2D eigenvalue weighted by Crippen LogP contribution is -2.33. The van der Waals surface area contributed by atoms with Crippen molar-refractivity contribution in [1.29, 1.82) is 0 Å². The Hall–Kier alpha value is -0.710. The zero-order valence-electron chi connectivity index (χ0n) is 9.36. The van der Waals surface area contributed by atoms with Gasteiger partial charge in [-0.15, -0.1) is 11.8 Å². The van der Waals surface area contributed by atoms with Crippen molar-refractivity contribution < 1.29 is 14.7 Å². The molecule has 1 N–H and O–H groups in total. The van der Waals surface area contributed by atoms with Gasteiger partial charge in [-0.05, 0) is 13.3 Å². The molecule has 0 radical (unpaired) electrons. The Labute approximate surface area is 95.0 Å². The van der Waals surface area contributed by atoms with Gasteiger partial charge in [-0.2, -0.15) is 0 Å². The predicted molar refractivity (Wildman–Crippen MR) is 62.1 cm³/mol. The number of carbonyl (C=O) groups excluding carboxylic acids is 1. The Morgan fingerprint density at radius 2 is 1.93 bits per heavy atom. The number of hydrogen-bond donors (Lipinski definition) is 1. The molecule has 5 heteroatoms. The minimum Gasteiger partial charge on any atom is -0.481 e. The molecular formula is C10H19NO3S. The van der Waals surface area contributed by atoms with Crippen LogP contribution in [0.3, 0.4) is 0 Å². The molecule has 0 saturated heterocycles. The van der Waals surface area contributed by atoms with Gasteiger partial charge in [-0.1, -0.05) is 13.3 Å². The molecule has 0 aliphatic rings. The van der Waals surface area contributed by atoms with E-state index in [1.165, 1.54) is 0 Å². The first-order valence-corrected chi connectivity index (χ1v) is 6.34. The molecule has 0 atom stereocenters. The molecule has 0 fully saturated rings. The average molecular weight is 233 g/mol. The van der Waals surface area contributed by atoms with Crippen LogP contribution in [0.1, 0.15) is 26.7 Å². The maximum Gasteiger partial charge on any atom is 0.313 e. The van der Waals surface area contributed by atoms with E-state index in [2.05, 4.69) is 6.92 Å². The normalized spacial score (nSPS) is 10.0. The topological polar surface area (TPSA) is 57.6 Å². The first-order valence-electron chi connectivity index (χ1n) is 5.19. The zero-order valence-corrected chi connectivity index (χ0v) is 10.2. The fraction of sp³-hybridized carbons (Fsp3) is 0.800. The Balaban J connectivity index is 3.77. The quantitative estimate of drug-likeness (QED) is 0.689. The Morgan fingerprint density at radius 3 is 2.40 bits per heavy atom. The monoisotopic (exact) mass is 233 g/mol. The lowest BCUT2D eigenvalue weighted by atomic mass is 10.3. The highest BCUT2D eigenvalue weighted by molar-refractivity contribution is 8.00. The average Bonchev–Trinajstić information content (AvgIpc) is 2.18. The van der Waals surface area contributed by atoms with Gasteiger partial charge in [0.1, 0.15) is 0 Å². The smallest absolute Gasteiger partial charge is 0.313 e. The molecule has 88 valence electrons. The number of hydrogen-bond acceptors (Lipinski definition) is 3. The molecule has 0 aliphatic carbocycles. The summed E-state index contributed by atoms with van der Waals surface area (Å²) < 4.78 is 0. The number of nitrogens with zero attached hydrogens (tertiary/aromatic N) is 1. The molecule has 0 spiro atoms. The van der Waals surface area contributed by atoms with Crippen molar-refractivity contribution in [2.75, 3.05) is 24.6 Å². The van der Waals surface area contributed by atoms with Crippen molar-refractivity contribution in [1.82, 2.24) is 4.90 Å². The van der Waals surface area contributed by atoms with Crippen molar-refractivity contribution in [3.63, 3.8) is 0 Å². The molecule has 0 bridgehead atoms. The van der Waals surface area contributed by atoms with Gasteiger partial charge in [0.2, 0.25) is 5.91 Å². The lowest BCUT2D eigenvalue weighted by molar-refractivity contribution is -0.133. The Kier molecular flexibility index (Phi) is 8.18. The van der Waals surface area contributed by atoms with E-state index < -0.39 is 5.97 Å². The second-order valence-electron chi connectivity index (χ2n) is 3.21. The first kappa shape index (κ1) is 14.3. The third-order valence-corrected chi connectivity index (χ3v) is 2.87. The maximum absolute atomic E-state index is 11.6.